The Morgan fingerprint density at radius 1 is 1.26 bits per heavy atom. The van der Waals surface area contributed by atoms with E-state index in [2.05, 4.69) is 5.32 Å². The fourth-order valence-electron chi connectivity index (χ4n) is 2.33. The third-order valence-electron chi connectivity index (χ3n) is 3.31. The molecule has 19 heavy (non-hydrogen) atoms. The van der Waals surface area contributed by atoms with Crippen LogP contribution in [0.25, 0.3) is 0 Å². The van der Waals surface area contributed by atoms with E-state index in [9.17, 15) is 13.2 Å². The Balaban J connectivity index is 2.27. The van der Waals surface area contributed by atoms with Crippen LogP contribution in [0.2, 0.25) is 0 Å². The van der Waals surface area contributed by atoms with Crippen molar-refractivity contribution in [3.05, 3.63) is 29.6 Å². The van der Waals surface area contributed by atoms with Crippen molar-refractivity contribution in [2.24, 2.45) is 0 Å². The molecule has 1 aliphatic heterocycles. The smallest absolute Gasteiger partial charge is 0.258 e. The highest BCUT2D eigenvalue weighted by molar-refractivity contribution is 5.31. The van der Waals surface area contributed by atoms with Crippen LogP contribution >= 0.6 is 0 Å². The van der Waals surface area contributed by atoms with Crippen LogP contribution in [0.1, 0.15) is 11.6 Å². The average Bonchev–Trinajstić information content (AvgIpc) is 2.41. The van der Waals surface area contributed by atoms with Gasteiger partial charge in [-0.3, -0.25) is 4.90 Å². The van der Waals surface area contributed by atoms with E-state index in [0.29, 0.717) is 31.9 Å². The summed E-state index contributed by atoms with van der Waals surface area (Å²) in [4.78, 5) is 1.62. The first-order valence-electron chi connectivity index (χ1n) is 6.20. The van der Waals surface area contributed by atoms with Crippen LogP contribution in [0.15, 0.2) is 18.2 Å². The van der Waals surface area contributed by atoms with Crippen LogP contribution in [-0.4, -0.2) is 44.6 Å². The summed E-state index contributed by atoms with van der Waals surface area (Å²) in [5.41, 5.74) is 0.0256. The number of hydrogen-bond donors (Lipinski definition) is 1. The van der Waals surface area contributed by atoms with Crippen LogP contribution in [-0.2, 0) is 0 Å². The Labute approximate surface area is 110 Å². The normalized spacial score (nSPS) is 18.6. The molecule has 0 saturated carbocycles. The van der Waals surface area contributed by atoms with Gasteiger partial charge >= 0.3 is 0 Å². The number of nitrogens with zero attached hydrogens (tertiary/aromatic N) is 1. The number of methoxy groups -OCH3 is 1. The molecule has 0 aromatic heterocycles. The number of alkyl halides is 2. The second-order valence-corrected chi connectivity index (χ2v) is 4.45. The van der Waals surface area contributed by atoms with Gasteiger partial charge in [0.2, 0.25) is 0 Å². The molecule has 1 aromatic rings. The number of rotatable bonds is 4. The first-order valence-corrected chi connectivity index (χ1v) is 6.20. The number of benzene rings is 1. The average molecular weight is 274 g/mol. The number of ether oxygens (including phenoxy) is 1. The molecule has 3 nitrogen and oxygen atoms in total. The topological polar surface area (TPSA) is 24.5 Å². The zero-order chi connectivity index (χ0) is 13.8. The predicted molar refractivity (Wildman–Crippen MR) is 66.1 cm³/mol. The second kappa shape index (κ2) is 6.25. The molecule has 2 rings (SSSR count). The van der Waals surface area contributed by atoms with Crippen molar-refractivity contribution in [3.63, 3.8) is 0 Å². The third-order valence-corrected chi connectivity index (χ3v) is 3.31. The van der Waals surface area contributed by atoms with Crippen molar-refractivity contribution in [1.82, 2.24) is 10.2 Å². The van der Waals surface area contributed by atoms with E-state index in [4.69, 9.17) is 4.74 Å². The Hall–Kier alpha value is -1.27. The summed E-state index contributed by atoms with van der Waals surface area (Å²) < 4.78 is 45.4. The quantitative estimate of drug-likeness (QED) is 0.909. The van der Waals surface area contributed by atoms with Crippen molar-refractivity contribution >= 4 is 0 Å². The van der Waals surface area contributed by atoms with Gasteiger partial charge in [0.25, 0.3) is 6.43 Å². The third kappa shape index (κ3) is 3.19. The van der Waals surface area contributed by atoms with Gasteiger partial charge in [-0.25, -0.2) is 13.2 Å². The van der Waals surface area contributed by atoms with E-state index >= 15 is 0 Å². The minimum absolute atomic E-state index is 0.0256. The first-order chi connectivity index (χ1) is 9.13. The van der Waals surface area contributed by atoms with Crippen molar-refractivity contribution in [2.75, 3.05) is 33.3 Å². The minimum Gasteiger partial charge on any atom is -0.497 e. The fourth-order valence-corrected chi connectivity index (χ4v) is 2.33. The van der Waals surface area contributed by atoms with E-state index in [1.807, 2.05) is 0 Å². The van der Waals surface area contributed by atoms with Crippen LogP contribution < -0.4 is 10.1 Å². The second-order valence-electron chi connectivity index (χ2n) is 4.45. The van der Waals surface area contributed by atoms with Crippen molar-refractivity contribution in [1.29, 1.82) is 0 Å². The van der Waals surface area contributed by atoms with E-state index in [0.717, 1.165) is 6.07 Å². The number of halogens is 3. The largest absolute Gasteiger partial charge is 0.497 e. The van der Waals surface area contributed by atoms with E-state index in [1.165, 1.54) is 19.2 Å². The zero-order valence-corrected chi connectivity index (χ0v) is 10.7. The van der Waals surface area contributed by atoms with Gasteiger partial charge in [0.05, 0.1) is 13.2 Å². The SMILES string of the molecule is COc1ccc([C@H](C(F)F)N2CCNCC2)c(F)c1. The molecule has 6 heteroatoms. The molecule has 1 atom stereocenters. The molecule has 0 amide bonds. The Morgan fingerprint density at radius 3 is 2.47 bits per heavy atom. The number of nitrogens with one attached hydrogen (secondary N) is 1. The molecule has 0 bridgehead atoms. The van der Waals surface area contributed by atoms with Gasteiger partial charge in [-0.05, 0) is 6.07 Å². The summed E-state index contributed by atoms with van der Waals surface area (Å²) >= 11 is 0. The maximum absolute atomic E-state index is 13.9. The lowest BCUT2D eigenvalue weighted by Crippen LogP contribution is -2.47. The van der Waals surface area contributed by atoms with Gasteiger partial charge in [-0.1, -0.05) is 6.07 Å². The van der Waals surface area contributed by atoms with E-state index < -0.39 is 18.3 Å². The molecule has 0 spiro atoms. The predicted octanol–water partition coefficient (Wildman–Crippen LogP) is 2.05. The Bertz CT molecular complexity index is 422. The number of piperazine rings is 1. The maximum Gasteiger partial charge on any atom is 0.258 e. The van der Waals surface area contributed by atoms with Gasteiger partial charge in [-0.15, -0.1) is 0 Å². The van der Waals surface area contributed by atoms with Crippen molar-refractivity contribution < 1.29 is 17.9 Å². The lowest BCUT2D eigenvalue weighted by molar-refractivity contribution is 0.0164. The Morgan fingerprint density at radius 2 is 1.95 bits per heavy atom. The molecule has 106 valence electrons. The molecular formula is C13H17F3N2O. The molecule has 1 N–H and O–H groups in total. The van der Waals surface area contributed by atoms with E-state index in [-0.39, 0.29) is 5.56 Å². The molecule has 1 saturated heterocycles. The highest BCUT2D eigenvalue weighted by Gasteiger charge is 2.32. The molecule has 1 aromatic carbocycles. The Kier molecular flexibility index (Phi) is 4.66. The summed E-state index contributed by atoms with van der Waals surface area (Å²) in [5.74, 6) is -0.322. The maximum atomic E-state index is 13.9. The molecule has 0 unspecified atom stereocenters. The number of hydrogen-bond acceptors (Lipinski definition) is 3. The van der Waals surface area contributed by atoms with Crippen molar-refractivity contribution in [3.8, 4) is 5.75 Å². The standard InChI is InChI=1S/C13H17F3N2O/c1-19-9-2-3-10(11(14)8-9)12(13(15)16)18-6-4-17-5-7-18/h2-3,8,12-13,17H,4-7H2,1H3/t12-/m1/s1. The summed E-state index contributed by atoms with van der Waals surface area (Å²) in [5, 5.41) is 3.09. The highest BCUT2D eigenvalue weighted by atomic mass is 19.3. The summed E-state index contributed by atoms with van der Waals surface area (Å²) in [6.45, 7) is 2.25. The van der Waals surface area contributed by atoms with Gasteiger partial charge in [0.15, 0.2) is 0 Å². The summed E-state index contributed by atoms with van der Waals surface area (Å²) in [7, 11) is 1.41. The summed E-state index contributed by atoms with van der Waals surface area (Å²) in [6.07, 6.45) is -2.62. The van der Waals surface area contributed by atoms with Gasteiger partial charge in [0.1, 0.15) is 11.6 Å². The monoisotopic (exact) mass is 274 g/mol. The van der Waals surface area contributed by atoms with Gasteiger partial charge < -0.3 is 10.1 Å². The van der Waals surface area contributed by atoms with Gasteiger partial charge in [-0.2, -0.15) is 0 Å². The lowest BCUT2D eigenvalue weighted by atomic mass is 10.0. The zero-order valence-electron chi connectivity index (χ0n) is 10.7. The van der Waals surface area contributed by atoms with Gasteiger partial charge in [0, 0.05) is 37.8 Å². The first kappa shape index (κ1) is 14.1. The molecule has 1 heterocycles. The molecular weight excluding hydrogens is 257 g/mol. The molecule has 1 fully saturated rings. The lowest BCUT2D eigenvalue weighted by Gasteiger charge is -2.34. The van der Waals surface area contributed by atoms with Crippen LogP contribution in [0.3, 0.4) is 0 Å². The molecule has 0 radical (unpaired) electrons. The highest BCUT2D eigenvalue weighted by Crippen LogP contribution is 2.31. The molecule has 1 aliphatic rings. The van der Waals surface area contributed by atoms with Crippen LogP contribution in [0, 0.1) is 5.82 Å². The fraction of sp³-hybridized carbons (Fsp3) is 0.538. The summed E-state index contributed by atoms with van der Waals surface area (Å²) in [6, 6.07) is 2.84. The minimum atomic E-state index is -2.62. The van der Waals surface area contributed by atoms with Crippen LogP contribution in [0.5, 0.6) is 5.75 Å². The van der Waals surface area contributed by atoms with Crippen molar-refractivity contribution in [2.45, 2.75) is 12.5 Å². The van der Waals surface area contributed by atoms with E-state index in [1.54, 1.807) is 4.90 Å². The van der Waals surface area contributed by atoms with Crippen LogP contribution in [0.4, 0.5) is 13.2 Å². The molecule has 0 aliphatic carbocycles.